The molecular weight excluding hydrogens is 300 g/mol. The highest BCUT2D eigenvalue weighted by Crippen LogP contribution is 2.16. The summed E-state index contributed by atoms with van der Waals surface area (Å²) in [5.74, 6) is 1.27. The highest BCUT2D eigenvalue weighted by Gasteiger charge is 2.19. The maximum Gasteiger partial charge on any atom is 0.226 e. The molecule has 5 nitrogen and oxygen atoms in total. The van der Waals surface area contributed by atoms with Gasteiger partial charge in [0, 0.05) is 31.4 Å². The first-order valence-corrected chi connectivity index (χ1v) is 8.82. The fourth-order valence-electron chi connectivity index (χ4n) is 3.02. The largest absolute Gasteiger partial charge is 0.473 e. The molecule has 0 unspecified atom stereocenters. The molecule has 0 aliphatic carbocycles. The number of ether oxygens (including phenoxy) is 1. The van der Waals surface area contributed by atoms with E-state index in [9.17, 15) is 0 Å². The SMILES string of the molecule is CCCN1CCC(Nc2nccc(OCc3ccccc3)n2)CC1. The summed E-state index contributed by atoms with van der Waals surface area (Å²) in [6.45, 7) is 6.25. The standard InChI is InChI=1S/C19H26N4O/c1-2-12-23-13-9-17(10-14-23)21-19-20-11-8-18(22-19)24-15-16-6-4-3-5-7-16/h3-8,11,17H,2,9-10,12-15H2,1H3,(H,20,21,22). The molecule has 2 aromatic rings. The third-order valence-corrected chi connectivity index (χ3v) is 4.32. The van der Waals surface area contributed by atoms with Gasteiger partial charge in [-0.2, -0.15) is 4.98 Å². The molecule has 1 aromatic carbocycles. The second-order valence-electron chi connectivity index (χ2n) is 6.25. The van der Waals surface area contributed by atoms with E-state index in [0.717, 1.165) is 31.5 Å². The molecule has 0 amide bonds. The number of likely N-dealkylation sites (tertiary alicyclic amines) is 1. The number of hydrogen-bond donors (Lipinski definition) is 1. The molecule has 128 valence electrons. The second-order valence-corrected chi connectivity index (χ2v) is 6.25. The molecule has 5 heteroatoms. The number of piperidine rings is 1. The van der Waals surface area contributed by atoms with Gasteiger partial charge in [-0.05, 0) is 31.4 Å². The van der Waals surface area contributed by atoms with E-state index in [1.165, 1.54) is 13.0 Å². The van der Waals surface area contributed by atoms with Crippen molar-refractivity contribution in [2.45, 2.75) is 38.8 Å². The molecule has 0 bridgehead atoms. The van der Waals surface area contributed by atoms with Crippen LogP contribution >= 0.6 is 0 Å². The second kappa shape index (κ2) is 8.64. The number of nitrogens with one attached hydrogen (secondary N) is 1. The first kappa shape index (κ1) is 16.7. The molecule has 2 heterocycles. The van der Waals surface area contributed by atoms with E-state index in [-0.39, 0.29) is 0 Å². The van der Waals surface area contributed by atoms with E-state index in [4.69, 9.17) is 4.74 Å². The number of aromatic nitrogens is 2. The fraction of sp³-hybridized carbons (Fsp3) is 0.474. The first-order chi connectivity index (χ1) is 11.8. The number of anilines is 1. The Kier molecular flexibility index (Phi) is 6.01. The number of rotatable bonds is 7. The van der Waals surface area contributed by atoms with Crippen molar-refractivity contribution in [3.8, 4) is 5.88 Å². The highest BCUT2D eigenvalue weighted by molar-refractivity contribution is 5.29. The zero-order chi connectivity index (χ0) is 16.6. The van der Waals surface area contributed by atoms with Gasteiger partial charge < -0.3 is 15.0 Å². The Labute approximate surface area is 144 Å². The summed E-state index contributed by atoms with van der Waals surface area (Å²) in [6, 6.07) is 12.4. The molecule has 3 rings (SSSR count). The van der Waals surface area contributed by atoms with Crippen LogP contribution in [0.1, 0.15) is 31.7 Å². The number of hydrogen-bond acceptors (Lipinski definition) is 5. The zero-order valence-corrected chi connectivity index (χ0v) is 14.3. The van der Waals surface area contributed by atoms with Crippen molar-refractivity contribution in [3.05, 3.63) is 48.2 Å². The molecule has 0 radical (unpaired) electrons. The van der Waals surface area contributed by atoms with Crippen molar-refractivity contribution in [3.63, 3.8) is 0 Å². The Morgan fingerprint density at radius 3 is 2.71 bits per heavy atom. The topological polar surface area (TPSA) is 50.3 Å². The van der Waals surface area contributed by atoms with Crippen LogP contribution in [0.3, 0.4) is 0 Å². The Morgan fingerprint density at radius 2 is 1.96 bits per heavy atom. The van der Waals surface area contributed by atoms with E-state index in [1.54, 1.807) is 12.3 Å². The lowest BCUT2D eigenvalue weighted by atomic mass is 10.1. The summed E-state index contributed by atoms with van der Waals surface area (Å²) in [6.07, 6.45) is 5.25. The van der Waals surface area contributed by atoms with Crippen LogP contribution in [-0.4, -0.2) is 40.5 Å². The van der Waals surface area contributed by atoms with Gasteiger partial charge in [0.1, 0.15) is 6.61 Å². The van der Waals surface area contributed by atoms with E-state index >= 15 is 0 Å². The lowest BCUT2D eigenvalue weighted by Gasteiger charge is -2.32. The minimum absolute atomic E-state index is 0.447. The lowest BCUT2D eigenvalue weighted by Crippen LogP contribution is -2.39. The highest BCUT2D eigenvalue weighted by atomic mass is 16.5. The summed E-state index contributed by atoms with van der Waals surface area (Å²) in [5.41, 5.74) is 1.13. The number of benzene rings is 1. The summed E-state index contributed by atoms with van der Waals surface area (Å²) < 4.78 is 5.77. The van der Waals surface area contributed by atoms with Gasteiger partial charge in [-0.15, -0.1) is 0 Å². The monoisotopic (exact) mass is 326 g/mol. The number of nitrogens with zero attached hydrogens (tertiary/aromatic N) is 3. The summed E-state index contributed by atoms with van der Waals surface area (Å²) in [7, 11) is 0. The molecule has 0 atom stereocenters. The Hall–Kier alpha value is -2.14. The van der Waals surface area contributed by atoms with Gasteiger partial charge in [-0.25, -0.2) is 4.98 Å². The van der Waals surface area contributed by atoms with Gasteiger partial charge in [-0.3, -0.25) is 0 Å². The van der Waals surface area contributed by atoms with Gasteiger partial charge in [0.05, 0.1) is 0 Å². The molecule has 0 saturated carbocycles. The molecule has 1 fully saturated rings. The van der Waals surface area contributed by atoms with Crippen LogP contribution in [0.5, 0.6) is 5.88 Å². The predicted octanol–water partition coefficient (Wildman–Crippen LogP) is 3.34. The van der Waals surface area contributed by atoms with Gasteiger partial charge in [0.15, 0.2) is 0 Å². The molecule has 1 aliphatic rings. The van der Waals surface area contributed by atoms with E-state index in [2.05, 4.69) is 27.1 Å². The average Bonchev–Trinajstić information content (AvgIpc) is 2.63. The normalized spacial score (nSPS) is 16.0. The van der Waals surface area contributed by atoms with E-state index in [1.807, 2.05) is 30.3 Å². The summed E-state index contributed by atoms with van der Waals surface area (Å²) in [4.78, 5) is 11.3. The predicted molar refractivity (Wildman–Crippen MR) is 96.2 cm³/mol. The summed E-state index contributed by atoms with van der Waals surface area (Å²) >= 11 is 0. The van der Waals surface area contributed by atoms with E-state index < -0.39 is 0 Å². The molecule has 1 aromatic heterocycles. The third kappa shape index (κ3) is 4.93. The van der Waals surface area contributed by atoms with Crippen LogP contribution < -0.4 is 10.1 Å². The Bertz CT molecular complexity index is 612. The maximum atomic E-state index is 5.77. The average molecular weight is 326 g/mol. The van der Waals surface area contributed by atoms with Crippen LogP contribution in [0, 0.1) is 0 Å². The van der Waals surface area contributed by atoms with Crippen LogP contribution in [0.2, 0.25) is 0 Å². The summed E-state index contributed by atoms with van der Waals surface area (Å²) in [5, 5.41) is 3.45. The molecule has 1 N–H and O–H groups in total. The molecule has 24 heavy (non-hydrogen) atoms. The van der Waals surface area contributed by atoms with Crippen LogP contribution in [-0.2, 0) is 6.61 Å². The van der Waals surface area contributed by atoms with Crippen molar-refractivity contribution in [2.24, 2.45) is 0 Å². The minimum Gasteiger partial charge on any atom is -0.473 e. The van der Waals surface area contributed by atoms with Crippen LogP contribution in [0.25, 0.3) is 0 Å². The van der Waals surface area contributed by atoms with Crippen LogP contribution in [0.4, 0.5) is 5.95 Å². The lowest BCUT2D eigenvalue weighted by molar-refractivity contribution is 0.219. The molecular formula is C19H26N4O. The zero-order valence-electron chi connectivity index (χ0n) is 14.3. The van der Waals surface area contributed by atoms with Gasteiger partial charge in [0.25, 0.3) is 0 Å². The van der Waals surface area contributed by atoms with Crippen molar-refractivity contribution < 1.29 is 4.74 Å². The first-order valence-electron chi connectivity index (χ1n) is 8.82. The van der Waals surface area contributed by atoms with Gasteiger partial charge in [-0.1, -0.05) is 37.3 Å². The van der Waals surface area contributed by atoms with Gasteiger partial charge >= 0.3 is 0 Å². The van der Waals surface area contributed by atoms with Crippen molar-refractivity contribution in [2.75, 3.05) is 25.0 Å². The van der Waals surface area contributed by atoms with E-state index in [0.29, 0.717) is 24.5 Å². The quantitative estimate of drug-likeness (QED) is 0.845. The minimum atomic E-state index is 0.447. The Balaban J connectivity index is 1.50. The molecule has 1 aliphatic heterocycles. The van der Waals surface area contributed by atoms with Crippen molar-refractivity contribution in [1.29, 1.82) is 0 Å². The fourth-order valence-corrected chi connectivity index (χ4v) is 3.02. The Morgan fingerprint density at radius 1 is 1.17 bits per heavy atom. The maximum absolute atomic E-state index is 5.77. The van der Waals surface area contributed by atoms with Crippen molar-refractivity contribution in [1.82, 2.24) is 14.9 Å². The smallest absolute Gasteiger partial charge is 0.226 e. The van der Waals surface area contributed by atoms with Crippen LogP contribution in [0.15, 0.2) is 42.6 Å². The van der Waals surface area contributed by atoms with Gasteiger partial charge in [0.2, 0.25) is 11.8 Å². The molecule has 1 saturated heterocycles. The van der Waals surface area contributed by atoms with Crippen molar-refractivity contribution >= 4 is 5.95 Å². The molecule has 0 spiro atoms. The third-order valence-electron chi connectivity index (χ3n) is 4.32.